The molecule has 1 aliphatic rings. The Kier molecular flexibility index (Phi) is 5.18. The molecule has 2 heterocycles. The molecule has 6 nitrogen and oxygen atoms in total. The van der Waals surface area contributed by atoms with Crippen molar-refractivity contribution in [2.45, 2.75) is 25.8 Å². The van der Waals surface area contributed by atoms with E-state index in [0.29, 0.717) is 12.4 Å². The molecule has 0 unspecified atom stereocenters. The van der Waals surface area contributed by atoms with Gasteiger partial charge in [-0.15, -0.1) is 17.3 Å². The lowest BCUT2D eigenvalue weighted by Gasteiger charge is -2.40. The van der Waals surface area contributed by atoms with E-state index in [2.05, 4.69) is 57.2 Å². The second-order valence-corrected chi connectivity index (χ2v) is 8.44. The van der Waals surface area contributed by atoms with Crippen LogP contribution in [0.3, 0.4) is 0 Å². The largest absolute Gasteiger partial charge is 0.444 e. The minimum absolute atomic E-state index is 0.0584. The first-order chi connectivity index (χ1) is 14.4. The van der Waals surface area contributed by atoms with E-state index in [1.165, 1.54) is 14.3 Å². The first-order valence-electron chi connectivity index (χ1n) is 9.49. The van der Waals surface area contributed by atoms with Crippen molar-refractivity contribution < 1.29 is 14.3 Å². The van der Waals surface area contributed by atoms with Gasteiger partial charge in [-0.1, -0.05) is 12.0 Å². The van der Waals surface area contributed by atoms with Crippen LogP contribution >= 0.6 is 11.3 Å². The maximum Gasteiger partial charge on any atom is 0.294 e. The van der Waals surface area contributed by atoms with Gasteiger partial charge in [0.05, 0.1) is 12.0 Å². The number of aliphatic imine (C=N–C) groups is 1. The van der Waals surface area contributed by atoms with E-state index in [-0.39, 0.29) is 19.1 Å². The summed E-state index contributed by atoms with van der Waals surface area (Å²) >= 11 is 1.74. The Hall–Kier alpha value is -3.37. The van der Waals surface area contributed by atoms with Crippen molar-refractivity contribution in [2.75, 3.05) is 13.8 Å². The van der Waals surface area contributed by atoms with Crippen LogP contribution in [-0.4, -0.2) is 37.0 Å². The fraction of sp³-hybridized carbons (Fsp3) is 0.261. The van der Waals surface area contributed by atoms with Gasteiger partial charge in [-0.2, -0.15) is 0 Å². The molecule has 0 radical (unpaired) electrons. The Morgan fingerprint density at radius 3 is 2.73 bits per heavy atom. The molecule has 4 rings (SSSR count). The van der Waals surface area contributed by atoms with Crippen molar-refractivity contribution in [3.63, 3.8) is 0 Å². The second-order valence-electron chi connectivity index (χ2n) is 7.36. The molecule has 1 atom stereocenters. The fourth-order valence-corrected chi connectivity index (χ4v) is 4.77. The van der Waals surface area contributed by atoms with Crippen molar-refractivity contribution in [3.8, 4) is 11.8 Å². The number of ether oxygens (including phenoxy) is 1. The highest BCUT2D eigenvalue weighted by molar-refractivity contribution is 7.25. The molecule has 1 amide bonds. The number of guanidine groups is 1. The molecule has 1 aromatic heterocycles. The quantitative estimate of drug-likeness (QED) is 0.399. The fourth-order valence-electron chi connectivity index (χ4n) is 3.71. The highest BCUT2D eigenvalue weighted by atomic mass is 32.1. The summed E-state index contributed by atoms with van der Waals surface area (Å²) in [4.78, 5) is 28.7. The van der Waals surface area contributed by atoms with Crippen LogP contribution in [0.15, 0.2) is 41.4 Å². The maximum absolute atomic E-state index is 12.7. The van der Waals surface area contributed by atoms with E-state index < -0.39 is 5.54 Å². The highest BCUT2D eigenvalue weighted by Crippen LogP contribution is 2.38. The van der Waals surface area contributed by atoms with Gasteiger partial charge < -0.3 is 10.1 Å². The van der Waals surface area contributed by atoms with Gasteiger partial charge in [-0.05, 0) is 49.7 Å². The predicted octanol–water partition coefficient (Wildman–Crippen LogP) is 3.58. The summed E-state index contributed by atoms with van der Waals surface area (Å²) < 4.78 is 7.05. The van der Waals surface area contributed by atoms with Gasteiger partial charge in [0.1, 0.15) is 0 Å². The molecule has 0 spiro atoms. The lowest BCUT2D eigenvalue weighted by molar-refractivity contribution is -0.129. The number of thiophene rings is 1. The molecule has 1 fully saturated rings. The normalized spacial score (nSPS) is 20.2. The molecule has 0 aliphatic carbocycles. The minimum atomic E-state index is -0.632. The van der Waals surface area contributed by atoms with Crippen molar-refractivity contribution in [3.05, 3.63) is 47.5 Å². The number of carbonyl (C=O) groups excluding carboxylic acids is 2. The summed E-state index contributed by atoms with van der Waals surface area (Å²) in [6.45, 7) is 4.00. The van der Waals surface area contributed by atoms with E-state index in [1.807, 2.05) is 19.9 Å². The third kappa shape index (κ3) is 3.51. The summed E-state index contributed by atoms with van der Waals surface area (Å²) in [5.74, 6) is 6.39. The van der Waals surface area contributed by atoms with E-state index in [0.717, 1.165) is 21.9 Å². The average Bonchev–Trinajstić information content (AvgIpc) is 3.09. The molecule has 30 heavy (non-hydrogen) atoms. The molecule has 1 N–H and O–H groups in total. The van der Waals surface area contributed by atoms with E-state index in [1.54, 1.807) is 18.4 Å². The van der Waals surface area contributed by atoms with E-state index >= 15 is 0 Å². The van der Waals surface area contributed by atoms with Gasteiger partial charge >= 0.3 is 0 Å². The Morgan fingerprint density at radius 1 is 1.27 bits per heavy atom. The van der Waals surface area contributed by atoms with Crippen LogP contribution in [0.2, 0.25) is 0 Å². The van der Waals surface area contributed by atoms with E-state index in [4.69, 9.17) is 0 Å². The number of carbonyl (C=O) groups is 2. The number of benzene rings is 2. The first-order valence-corrected chi connectivity index (χ1v) is 10.3. The van der Waals surface area contributed by atoms with Crippen LogP contribution in [-0.2, 0) is 19.9 Å². The summed E-state index contributed by atoms with van der Waals surface area (Å²) in [5.41, 5.74) is 1.35. The Balaban J connectivity index is 1.78. The molecule has 2 aromatic carbocycles. The van der Waals surface area contributed by atoms with Crippen LogP contribution in [0.5, 0.6) is 0 Å². The monoisotopic (exact) mass is 419 g/mol. The standard InChI is InChI=1S/C23H21N3O3S/c1-4-5-15-6-8-19-17(10-15)18-11-16(7-9-20(18)30-19)23(2)12-21(28)26(3)22(25-23)24-13-29-14-27/h6-11,14H,12-13H2,1-3H3,(H,24,25)/t23-/m0/s1. The van der Waals surface area contributed by atoms with Gasteiger partial charge in [0, 0.05) is 32.8 Å². The number of hydrogen-bond acceptors (Lipinski definition) is 5. The zero-order valence-electron chi connectivity index (χ0n) is 17.0. The molecular formula is C23H21N3O3S. The highest BCUT2D eigenvalue weighted by Gasteiger charge is 2.38. The number of hydrogen-bond donors (Lipinski definition) is 1. The molecule has 152 valence electrons. The van der Waals surface area contributed by atoms with Gasteiger partial charge in [-0.3, -0.25) is 14.5 Å². The molecule has 1 saturated heterocycles. The molecule has 1 aliphatic heterocycles. The maximum atomic E-state index is 12.7. The number of rotatable bonds is 4. The number of nitrogens with zero attached hydrogens (tertiary/aromatic N) is 2. The van der Waals surface area contributed by atoms with Crippen LogP contribution in [0, 0.1) is 11.8 Å². The Morgan fingerprint density at radius 2 is 2.00 bits per heavy atom. The zero-order valence-corrected chi connectivity index (χ0v) is 17.8. The number of amides is 1. The summed E-state index contributed by atoms with van der Waals surface area (Å²) in [7, 11) is 1.65. The molecule has 0 saturated carbocycles. The number of fused-ring (bicyclic) bond motifs is 3. The predicted molar refractivity (Wildman–Crippen MR) is 119 cm³/mol. The van der Waals surface area contributed by atoms with Gasteiger partial charge in [-0.25, -0.2) is 4.99 Å². The molecule has 0 bridgehead atoms. The summed E-state index contributed by atoms with van der Waals surface area (Å²) in [6.07, 6.45) is 0.289. The van der Waals surface area contributed by atoms with Crippen molar-refractivity contribution in [1.29, 1.82) is 0 Å². The third-order valence-electron chi connectivity index (χ3n) is 5.32. The van der Waals surface area contributed by atoms with E-state index in [9.17, 15) is 9.59 Å². The van der Waals surface area contributed by atoms with Crippen LogP contribution in [0.4, 0.5) is 0 Å². The number of nitrogens with one attached hydrogen (secondary N) is 1. The molecular weight excluding hydrogens is 398 g/mol. The van der Waals surface area contributed by atoms with Crippen LogP contribution < -0.4 is 5.32 Å². The van der Waals surface area contributed by atoms with Gasteiger partial charge in [0.2, 0.25) is 11.9 Å². The summed E-state index contributed by atoms with van der Waals surface area (Å²) in [6, 6.07) is 12.6. The summed E-state index contributed by atoms with van der Waals surface area (Å²) in [5, 5.41) is 5.67. The third-order valence-corrected chi connectivity index (χ3v) is 6.47. The van der Waals surface area contributed by atoms with Gasteiger partial charge in [0.15, 0.2) is 6.73 Å². The topological polar surface area (TPSA) is 71.0 Å². The minimum Gasteiger partial charge on any atom is -0.444 e. The Labute approximate surface area is 178 Å². The average molecular weight is 420 g/mol. The van der Waals surface area contributed by atoms with Crippen LogP contribution in [0.25, 0.3) is 20.2 Å². The smallest absolute Gasteiger partial charge is 0.294 e. The van der Waals surface area contributed by atoms with Crippen molar-refractivity contribution in [2.24, 2.45) is 4.99 Å². The molecule has 7 heteroatoms. The van der Waals surface area contributed by atoms with Crippen molar-refractivity contribution >= 4 is 49.8 Å². The zero-order chi connectivity index (χ0) is 21.3. The second kappa shape index (κ2) is 7.81. The first kappa shape index (κ1) is 19.9. The Bertz CT molecular complexity index is 1250. The molecule has 3 aromatic rings. The van der Waals surface area contributed by atoms with Crippen LogP contribution in [0.1, 0.15) is 31.4 Å². The van der Waals surface area contributed by atoms with Crippen molar-refractivity contribution in [1.82, 2.24) is 10.2 Å². The lowest BCUT2D eigenvalue weighted by Crippen LogP contribution is -2.58. The lowest BCUT2D eigenvalue weighted by atomic mass is 9.86. The SMILES string of the molecule is CC#Cc1ccc2sc3ccc([C@]4(C)CC(=O)N(C)C(=NCOC=O)N4)cc3c2c1. The van der Waals surface area contributed by atoms with Gasteiger partial charge in [0.25, 0.3) is 6.47 Å².